The highest BCUT2D eigenvalue weighted by atomic mass is 16.1. The fraction of sp³-hybridized carbons (Fsp3) is 0.545. The summed E-state index contributed by atoms with van der Waals surface area (Å²) < 4.78 is 0. The number of nitrogens with zero attached hydrogens (tertiary/aromatic N) is 2. The summed E-state index contributed by atoms with van der Waals surface area (Å²) in [5.74, 6) is -0.0357. The first-order valence-corrected chi connectivity index (χ1v) is 4.92. The summed E-state index contributed by atoms with van der Waals surface area (Å²) in [5.41, 5.74) is 0.677. The lowest BCUT2D eigenvalue weighted by molar-refractivity contribution is -0.121. The topological polar surface area (TPSA) is 76.7 Å². The van der Waals surface area contributed by atoms with Gasteiger partial charge in [0.2, 0.25) is 5.91 Å². The standard InChI is InChI=1S/C11H15N3O/c1-3-4-5-11(15)14-8-9(2)10(6-12)7-13/h3-5,8H2,1-2H3,(H,14,15). The zero-order valence-electron chi connectivity index (χ0n) is 9.13. The van der Waals surface area contributed by atoms with Gasteiger partial charge in [-0.1, -0.05) is 13.3 Å². The molecule has 0 unspecified atom stereocenters. The second kappa shape index (κ2) is 7.58. The van der Waals surface area contributed by atoms with Crippen molar-refractivity contribution in [2.24, 2.45) is 0 Å². The molecule has 0 fully saturated rings. The number of carbonyl (C=O) groups is 1. The van der Waals surface area contributed by atoms with Crippen molar-refractivity contribution in [3.8, 4) is 12.1 Å². The number of carbonyl (C=O) groups excluding carboxylic acids is 1. The maximum Gasteiger partial charge on any atom is 0.220 e. The van der Waals surface area contributed by atoms with Gasteiger partial charge in [0.1, 0.15) is 17.7 Å². The molecule has 0 bridgehead atoms. The quantitative estimate of drug-likeness (QED) is 0.693. The Bertz CT molecular complexity index is 315. The second-order valence-corrected chi connectivity index (χ2v) is 3.26. The van der Waals surface area contributed by atoms with E-state index in [1.807, 2.05) is 6.92 Å². The van der Waals surface area contributed by atoms with E-state index in [9.17, 15) is 4.79 Å². The Morgan fingerprint density at radius 3 is 2.40 bits per heavy atom. The minimum absolute atomic E-state index is 0.0357. The third-order valence-electron chi connectivity index (χ3n) is 1.96. The highest BCUT2D eigenvalue weighted by molar-refractivity contribution is 5.76. The number of hydrogen-bond acceptors (Lipinski definition) is 3. The van der Waals surface area contributed by atoms with Crippen molar-refractivity contribution in [3.05, 3.63) is 11.1 Å². The molecule has 4 heteroatoms. The molecule has 4 nitrogen and oxygen atoms in total. The number of amides is 1. The molecule has 0 saturated heterocycles. The minimum Gasteiger partial charge on any atom is -0.352 e. The van der Waals surface area contributed by atoms with Crippen LogP contribution >= 0.6 is 0 Å². The van der Waals surface area contributed by atoms with Crippen LogP contribution in [0.4, 0.5) is 0 Å². The fourth-order valence-electron chi connectivity index (χ4n) is 0.961. The molecular weight excluding hydrogens is 190 g/mol. The Kier molecular flexibility index (Phi) is 6.67. The van der Waals surface area contributed by atoms with Crippen LogP contribution in [0.5, 0.6) is 0 Å². The zero-order chi connectivity index (χ0) is 11.7. The lowest BCUT2D eigenvalue weighted by atomic mass is 10.1. The Hall–Kier alpha value is -1.81. The van der Waals surface area contributed by atoms with Crippen LogP contribution in [-0.2, 0) is 4.79 Å². The van der Waals surface area contributed by atoms with E-state index in [4.69, 9.17) is 10.5 Å². The van der Waals surface area contributed by atoms with Crippen LogP contribution in [0.3, 0.4) is 0 Å². The molecule has 1 amide bonds. The van der Waals surface area contributed by atoms with E-state index >= 15 is 0 Å². The van der Waals surface area contributed by atoms with Crippen LogP contribution in [0.1, 0.15) is 33.1 Å². The number of unbranched alkanes of at least 4 members (excludes halogenated alkanes) is 1. The minimum atomic E-state index is -0.0357. The number of hydrogen-bond donors (Lipinski definition) is 1. The third kappa shape index (κ3) is 5.49. The maximum atomic E-state index is 11.2. The molecule has 0 aliphatic carbocycles. The second-order valence-electron chi connectivity index (χ2n) is 3.26. The molecular formula is C11H15N3O. The van der Waals surface area contributed by atoms with Crippen LogP contribution in [0.2, 0.25) is 0 Å². The summed E-state index contributed by atoms with van der Waals surface area (Å²) in [4.78, 5) is 11.2. The molecule has 0 aromatic carbocycles. The van der Waals surface area contributed by atoms with Crippen molar-refractivity contribution in [1.29, 1.82) is 10.5 Å². The van der Waals surface area contributed by atoms with Crippen molar-refractivity contribution in [1.82, 2.24) is 5.32 Å². The first-order valence-electron chi connectivity index (χ1n) is 4.92. The summed E-state index contributed by atoms with van der Waals surface area (Å²) in [6.45, 7) is 3.96. The van der Waals surface area contributed by atoms with Gasteiger partial charge in [0.25, 0.3) is 0 Å². The van der Waals surface area contributed by atoms with E-state index in [0.29, 0.717) is 12.0 Å². The lowest BCUT2D eigenvalue weighted by Crippen LogP contribution is -2.25. The third-order valence-corrected chi connectivity index (χ3v) is 1.96. The Labute approximate surface area is 90.2 Å². The molecule has 0 radical (unpaired) electrons. The fourth-order valence-corrected chi connectivity index (χ4v) is 0.961. The van der Waals surface area contributed by atoms with E-state index in [-0.39, 0.29) is 18.0 Å². The number of nitriles is 2. The van der Waals surface area contributed by atoms with E-state index in [1.165, 1.54) is 0 Å². The molecule has 0 rings (SSSR count). The number of allylic oxidation sites excluding steroid dienone is 1. The highest BCUT2D eigenvalue weighted by Crippen LogP contribution is 2.00. The largest absolute Gasteiger partial charge is 0.352 e. The average molecular weight is 205 g/mol. The van der Waals surface area contributed by atoms with Crippen molar-refractivity contribution >= 4 is 5.91 Å². The molecule has 0 aliphatic heterocycles. The van der Waals surface area contributed by atoms with E-state index in [0.717, 1.165) is 12.8 Å². The SMILES string of the molecule is CCCCC(=O)NCC(C)=C(C#N)C#N. The molecule has 0 saturated carbocycles. The van der Waals surface area contributed by atoms with E-state index < -0.39 is 0 Å². The van der Waals surface area contributed by atoms with Crippen molar-refractivity contribution in [3.63, 3.8) is 0 Å². The first kappa shape index (κ1) is 13.2. The molecule has 0 spiro atoms. The molecule has 0 atom stereocenters. The normalized spacial score (nSPS) is 8.53. The monoisotopic (exact) mass is 205 g/mol. The maximum absolute atomic E-state index is 11.2. The zero-order valence-corrected chi connectivity index (χ0v) is 9.13. The Morgan fingerprint density at radius 2 is 1.93 bits per heavy atom. The Morgan fingerprint density at radius 1 is 1.33 bits per heavy atom. The number of nitrogens with one attached hydrogen (secondary N) is 1. The van der Waals surface area contributed by atoms with Crippen LogP contribution in [0.25, 0.3) is 0 Å². The van der Waals surface area contributed by atoms with Gasteiger partial charge in [-0.2, -0.15) is 10.5 Å². The van der Waals surface area contributed by atoms with Gasteiger partial charge in [-0.25, -0.2) is 0 Å². The van der Waals surface area contributed by atoms with Gasteiger partial charge >= 0.3 is 0 Å². The molecule has 1 N–H and O–H groups in total. The van der Waals surface area contributed by atoms with Crippen LogP contribution in [0, 0.1) is 22.7 Å². The Balaban J connectivity index is 4.07. The molecule has 0 aromatic heterocycles. The lowest BCUT2D eigenvalue weighted by Gasteiger charge is -2.04. The van der Waals surface area contributed by atoms with E-state index in [1.54, 1.807) is 19.1 Å². The summed E-state index contributed by atoms with van der Waals surface area (Å²) in [6.07, 6.45) is 2.33. The molecule has 0 aromatic rings. The van der Waals surface area contributed by atoms with Crippen LogP contribution in [0.15, 0.2) is 11.1 Å². The van der Waals surface area contributed by atoms with Crippen molar-refractivity contribution < 1.29 is 4.79 Å². The molecule has 0 heterocycles. The van der Waals surface area contributed by atoms with Crippen LogP contribution in [-0.4, -0.2) is 12.5 Å². The van der Waals surface area contributed by atoms with Crippen molar-refractivity contribution in [2.75, 3.05) is 6.54 Å². The van der Waals surface area contributed by atoms with Gasteiger partial charge in [-0.15, -0.1) is 0 Å². The summed E-state index contributed by atoms with van der Waals surface area (Å²) in [7, 11) is 0. The van der Waals surface area contributed by atoms with Crippen LogP contribution < -0.4 is 5.32 Å². The summed E-state index contributed by atoms with van der Waals surface area (Å²) >= 11 is 0. The summed E-state index contributed by atoms with van der Waals surface area (Å²) in [5, 5.41) is 19.8. The van der Waals surface area contributed by atoms with E-state index in [2.05, 4.69) is 5.32 Å². The number of rotatable bonds is 5. The predicted molar refractivity (Wildman–Crippen MR) is 56.5 cm³/mol. The van der Waals surface area contributed by atoms with Crippen molar-refractivity contribution in [2.45, 2.75) is 33.1 Å². The average Bonchev–Trinajstić information content (AvgIpc) is 2.25. The van der Waals surface area contributed by atoms with Gasteiger partial charge in [0.05, 0.1) is 0 Å². The first-order chi connectivity index (χ1) is 7.15. The van der Waals surface area contributed by atoms with Gasteiger partial charge in [0.15, 0.2) is 0 Å². The van der Waals surface area contributed by atoms with Gasteiger partial charge < -0.3 is 5.32 Å². The smallest absolute Gasteiger partial charge is 0.220 e. The molecule has 15 heavy (non-hydrogen) atoms. The predicted octanol–water partition coefficient (Wildman–Crippen LogP) is 1.66. The molecule has 0 aliphatic rings. The highest BCUT2D eigenvalue weighted by Gasteiger charge is 2.03. The van der Waals surface area contributed by atoms with Gasteiger partial charge in [-0.3, -0.25) is 4.79 Å². The summed E-state index contributed by atoms with van der Waals surface area (Å²) in [6, 6.07) is 3.57. The molecule has 80 valence electrons. The van der Waals surface area contributed by atoms with Gasteiger partial charge in [0, 0.05) is 13.0 Å². The van der Waals surface area contributed by atoms with Gasteiger partial charge in [-0.05, 0) is 18.9 Å².